The summed E-state index contributed by atoms with van der Waals surface area (Å²) in [6.45, 7) is 11.5. The summed E-state index contributed by atoms with van der Waals surface area (Å²) in [6, 6.07) is 0.437. The van der Waals surface area contributed by atoms with Crippen LogP contribution in [-0.2, 0) is 0 Å². The Morgan fingerprint density at radius 1 is 1.07 bits per heavy atom. The molecule has 0 aliphatic rings. The minimum atomic E-state index is 0.437. The zero-order valence-corrected chi connectivity index (χ0v) is 10.8. The molecule has 0 heterocycles. The summed E-state index contributed by atoms with van der Waals surface area (Å²) in [5.74, 6) is 0.802. The normalized spacial score (nSPS) is 16.7. The van der Waals surface area contributed by atoms with Gasteiger partial charge < -0.3 is 5.73 Å². The average Bonchev–Trinajstić information content (AvgIpc) is 2.02. The lowest BCUT2D eigenvalue weighted by molar-refractivity contribution is 0.239. The Kier molecular flexibility index (Phi) is 6.43. The predicted molar refractivity (Wildman–Crippen MR) is 65.4 cm³/mol. The second-order valence-electron chi connectivity index (χ2n) is 5.75. The molecule has 2 atom stereocenters. The molecule has 0 aliphatic heterocycles. The van der Waals surface area contributed by atoms with Gasteiger partial charge in [0.15, 0.2) is 0 Å². The van der Waals surface area contributed by atoms with Gasteiger partial charge in [0.05, 0.1) is 0 Å². The second kappa shape index (κ2) is 6.44. The van der Waals surface area contributed by atoms with Crippen molar-refractivity contribution in [3.8, 4) is 0 Å². The van der Waals surface area contributed by atoms with E-state index in [9.17, 15) is 0 Å². The summed E-state index contributed by atoms with van der Waals surface area (Å²) in [5, 5.41) is 0. The van der Waals surface area contributed by atoms with Gasteiger partial charge in [-0.2, -0.15) is 0 Å². The van der Waals surface area contributed by atoms with Crippen molar-refractivity contribution in [2.75, 3.05) is 0 Å². The van der Waals surface area contributed by atoms with Gasteiger partial charge in [0.2, 0.25) is 0 Å². The molecule has 2 N–H and O–H groups in total. The first-order chi connectivity index (χ1) is 6.38. The van der Waals surface area contributed by atoms with Crippen LogP contribution < -0.4 is 5.73 Å². The Morgan fingerprint density at radius 2 is 1.64 bits per heavy atom. The molecule has 0 rings (SSSR count). The molecule has 0 saturated heterocycles. The zero-order chi connectivity index (χ0) is 11.2. The van der Waals surface area contributed by atoms with Crippen LogP contribution in [0.25, 0.3) is 0 Å². The van der Waals surface area contributed by atoms with Crippen LogP contribution in [0.2, 0.25) is 0 Å². The molecule has 2 unspecified atom stereocenters. The molecular weight excluding hydrogens is 170 g/mol. The van der Waals surface area contributed by atoms with Crippen LogP contribution >= 0.6 is 0 Å². The van der Waals surface area contributed by atoms with Gasteiger partial charge in [0.25, 0.3) is 0 Å². The summed E-state index contributed by atoms with van der Waals surface area (Å²) >= 11 is 0. The van der Waals surface area contributed by atoms with E-state index >= 15 is 0 Å². The molecule has 1 nitrogen and oxygen atoms in total. The molecule has 0 amide bonds. The molecular formula is C13H29N. The second-order valence-corrected chi connectivity index (χ2v) is 5.75. The van der Waals surface area contributed by atoms with E-state index in [0.717, 1.165) is 5.92 Å². The maximum Gasteiger partial charge on any atom is 0.00387 e. The maximum atomic E-state index is 5.98. The third kappa shape index (κ3) is 6.42. The van der Waals surface area contributed by atoms with Crippen molar-refractivity contribution in [2.24, 2.45) is 17.1 Å². The SMILES string of the molecule is CCCC(N)CCCC(C)C(C)(C)C. The standard InChI is InChI=1S/C13H29N/c1-6-8-12(14)10-7-9-11(2)13(3,4)5/h11-12H,6-10,14H2,1-5H3. The van der Waals surface area contributed by atoms with Crippen LogP contribution in [0.15, 0.2) is 0 Å². The highest BCUT2D eigenvalue weighted by Gasteiger charge is 2.19. The van der Waals surface area contributed by atoms with E-state index < -0.39 is 0 Å². The van der Waals surface area contributed by atoms with E-state index in [4.69, 9.17) is 5.73 Å². The summed E-state index contributed by atoms with van der Waals surface area (Å²) in [7, 11) is 0. The van der Waals surface area contributed by atoms with Crippen LogP contribution in [0.3, 0.4) is 0 Å². The van der Waals surface area contributed by atoms with Gasteiger partial charge in [0.1, 0.15) is 0 Å². The van der Waals surface area contributed by atoms with Crippen molar-refractivity contribution in [1.29, 1.82) is 0 Å². The third-order valence-electron chi connectivity index (χ3n) is 3.35. The van der Waals surface area contributed by atoms with Crippen LogP contribution in [0.5, 0.6) is 0 Å². The maximum absolute atomic E-state index is 5.98. The van der Waals surface area contributed by atoms with E-state index in [2.05, 4.69) is 34.6 Å². The zero-order valence-electron chi connectivity index (χ0n) is 10.8. The molecule has 14 heavy (non-hydrogen) atoms. The molecule has 0 saturated carbocycles. The highest BCUT2D eigenvalue weighted by Crippen LogP contribution is 2.29. The monoisotopic (exact) mass is 199 g/mol. The first-order valence-electron chi connectivity index (χ1n) is 6.13. The van der Waals surface area contributed by atoms with Crippen LogP contribution in [0.4, 0.5) is 0 Å². The first-order valence-corrected chi connectivity index (χ1v) is 6.13. The fourth-order valence-electron chi connectivity index (χ4n) is 1.63. The lowest BCUT2D eigenvalue weighted by atomic mass is 9.79. The first kappa shape index (κ1) is 14.0. The quantitative estimate of drug-likeness (QED) is 0.688. The smallest absolute Gasteiger partial charge is 0.00387 e. The largest absolute Gasteiger partial charge is 0.328 e. The minimum Gasteiger partial charge on any atom is -0.328 e. The van der Waals surface area contributed by atoms with E-state index in [0.29, 0.717) is 11.5 Å². The van der Waals surface area contributed by atoms with Gasteiger partial charge >= 0.3 is 0 Å². The summed E-state index contributed by atoms with van der Waals surface area (Å²) in [5.41, 5.74) is 6.43. The van der Waals surface area contributed by atoms with Crippen LogP contribution in [-0.4, -0.2) is 6.04 Å². The van der Waals surface area contributed by atoms with Crippen molar-refractivity contribution < 1.29 is 0 Å². The lowest BCUT2D eigenvalue weighted by Gasteiger charge is -2.27. The van der Waals surface area contributed by atoms with Crippen molar-refractivity contribution in [1.82, 2.24) is 0 Å². The Bertz CT molecular complexity index is 135. The van der Waals surface area contributed by atoms with Gasteiger partial charge in [-0.05, 0) is 24.2 Å². The number of hydrogen-bond donors (Lipinski definition) is 1. The van der Waals surface area contributed by atoms with E-state index in [-0.39, 0.29) is 0 Å². The number of nitrogens with two attached hydrogens (primary N) is 1. The molecule has 0 aromatic carbocycles. The van der Waals surface area contributed by atoms with Crippen LogP contribution in [0, 0.1) is 11.3 Å². The van der Waals surface area contributed by atoms with Crippen LogP contribution in [0.1, 0.15) is 66.7 Å². The summed E-state index contributed by atoms with van der Waals surface area (Å²) < 4.78 is 0. The Balaban J connectivity index is 3.54. The van der Waals surface area contributed by atoms with E-state index in [1.54, 1.807) is 0 Å². The number of hydrogen-bond acceptors (Lipinski definition) is 1. The fraction of sp³-hybridized carbons (Fsp3) is 1.00. The molecule has 1 heteroatoms. The van der Waals surface area contributed by atoms with Gasteiger partial charge in [0, 0.05) is 6.04 Å². The Hall–Kier alpha value is -0.0400. The lowest BCUT2D eigenvalue weighted by Crippen LogP contribution is -2.21. The molecule has 0 spiro atoms. The molecule has 0 aromatic heterocycles. The predicted octanol–water partition coefficient (Wildman–Crippen LogP) is 3.97. The molecule has 0 bridgehead atoms. The van der Waals surface area contributed by atoms with Gasteiger partial charge in [-0.1, -0.05) is 53.9 Å². The van der Waals surface area contributed by atoms with Gasteiger partial charge in [-0.15, -0.1) is 0 Å². The Morgan fingerprint density at radius 3 is 2.07 bits per heavy atom. The summed E-state index contributed by atoms with van der Waals surface area (Å²) in [6.07, 6.45) is 6.22. The summed E-state index contributed by atoms with van der Waals surface area (Å²) in [4.78, 5) is 0. The van der Waals surface area contributed by atoms with Gasteiger partial charge in [-0.3, -0.25) is 0 Å². The fourth-order valence-corrected chi connectivity index (χ4v) is 1.63. The van der Waals surface area contributed by atoms with Crippen molar-refractivity contribution >= 4 is 0 Å². The van der Waals surface area contributed by atoms with Crippen molar-refractivity contribution in [3.05, 3.63) is 0 Å². The van der Waals surface area contributed by atoms with E-state index in [1.807, 2.05) is 0 Å². The molecule has 0 fully saturated rings. The molecule has 86 valence electrons. The van der Waals surface area contributed by atoms with Crippen molar-refractivity contribution in [3.63, 3.8) is 0 Å². The molecule has 0 aliphatic carbocycles. The minimum absolute atomic E-state index is 0.437. The average molecular weight is 199 g/mol. The van der Waals surface area contributed by atoms with Gasteiger partial charge in [-0.25, -0.2) is 0 Å². The van der Waals surface area contributed by atoms with E-state index in [1.165, 1.54) is 32.1 Å². The third-order valence-corrected chi connectivity index (χ3v) is 3.35. The molecule has 0 aromatic rings. The number of rotatable bonds is 6. The highest BCUT2D eigenvalue weighted by atomic mass is 14.6. The Labute approximate surface area is 90.5 Å². The topological polar surface area (TPSA) is 26.0 Å². The molecule has 0 radical (unpaired) electrons. The highest BCUT2D eigenvalue weighted by molar-refractivity contribution is 4.71. The van der Waals surface area contributed by atoms with Crippen molar-refractivity contribution in [2.45, 2.75) is 72.8 Å².